The van der Waals surface area contributed by atoms with Gasteiger partial charge in [0.05, 0.1) is 13.4 Å². The number of methoxy groups -OCH3 is 1. The van der Waals surface area contributed by atoms with Crippen molar-refractivity contribution in [2.45, 2.75) is 32.0 Å². The highest BCUT2D eigenvalue weighted by atomic mass is 32.2. The van der Waals surface area contributed by atoms with Crippen molar-refractivity contribution in [3.8, 4) is 0 Å². The van der Waals surface area contributed by atoms with Crippen molar-refractivity contribution in [1.29, 1.82) is 0 Å². The van der Waals surface area contributed by atoms with Crippen molar-refractivity contribution in [3.05, 3.63) is 35.5 Å². The number of ether oxygens (including phenoxy) is 1. The summed E-state index contributed by atoms with van der Waals surface area (Å²) in [6, 6.07) is 7.90. The minimum atomic E-state index is -3.34. The summed E-state index contributed by atoms with van der Waals surface area (Å²) in [4.78, 5) is 20.3. The van der Waals surface area contributed by atoms with Gasteiger partial charge in [-0.15, -0.1) is 0 Å². The van der Waals surface area contributed by atoms with Gasteiger partial charge in [-0.25, -0.2) is 8.42 Å². The molecule has 2 aliphatic heterocycles. The molecule has 1 unspecified atom stereocenters. The minimum Gasteiger partial charge on any atom is -0.468 e. The predicted octanol–water partition coefficient (Wildman–Crippen LogP) is 1.38. The lowest BCUT2D eigenvalue weighted by molar-refractivity contribution is -0.148. The van der Waals surface area contributed by atoms with E-state index in [1.54, 1.807) is 0 Å². The Hall–Kier alpha value is -1.94. The summed E-state index contributed by atoms with van der Waals surface area (Å²) in [6.07, 6.45) is 3.73. The number of fused-ring (bicyclic) bond motifs is 1. The summed E-state index contributed by atoms with van der Waals surface area (Å²) in [7, 11) is -2.00. The van der Waals surface area contributed by atoms with Gasteiger partial charge >= 0.3 is 5.97 Å². The van der Waals surface area contributed by atoms with Crippen LogP contribution in [0.5, 0.6) is 0 Å². The van der Waals surface area contributed by atoms with E-state index in [2.05, 4.69) is 34.1 Å². The summed E-state index contributed by atoms with van der Waals surface area (Å²) in [5, 5.41) is 1.16. The number of piperazine rings is 1. The molecule has 164 valence electrons. The van der Waals surface area contributed by atoms with Gasteiger partial charge in [0.25, 0.3) is 0 Å². The van der Waals surface area contributed by atoms with Crippen LogP contribution < -0.4 is 0 Å². The van der Waals surface area contributed by atoms with Crippen LogP contribution in [0.1, 0.15) is 24.1 Å². The zero-order valence-electron chi connectivity index (χ0n) is 17.6. The molecule has 0 aliphatic carbocycles. The second kappa shape index (κ2) is 8.66. The molecular weight excluding hydrogens is 404 g/mol. The Labute approximate surface area is 177 Å². The molecule has 1 aromatic heterocycles. The maximum atomic E-state index is 12.3. The first kappa shape index (κ1) is 21.3. The molecule has 2 saturated heterocycles. The number of esters is 1. The van der Waals surface area contributed by atoms with Crippen LogP contribution in [0.2, 0.25) is 0 Å². The third-order valence-corrected chi connectivity index (χ3v) is 7.39. The van der Waals surface area contributed by atoms with E-state index in [0.29, 0.717) is 19.6 Å². The SMILES string of the molecule is COC(=O)C1CN(S(C)(=O)=O)CCN1Cc1ccc2[nH]c(CN3CCCC3)cc2c1. The Morgan fingerprint density at radius 1 is 1.13 bits per heavy atom. The molecule has 2 fully saturated rings. The summed E-state index contributed by atoms with van der Waals surface area (Å²) >= 11 is 0. The lowest BCUT2D eigenvalue weighted by Gasteiger charge is -2.38. The van der Waals surface area contributed by atoms with Gasteiger partial charge in [0.1, 0.15) is 6.04 Å². The maximum absolute atomic E-state index is 12.3. The van der Waals surface area contributed by atoms with E-state index in [0.717, 1.165) is 36.1 Å². The zero-order valence-corrected chi connectivity index (χ0v) is 18.5. The van der Waals surface area contributed by atoms with Gasteiger partial charge in [-0.3, -0.25) is 14.6 Å². The standard InChI is InChI=1S/C21H30N4O4S/c1-29-21(26)20-15-25(30(2,27)28)10-9-24(20)13-16-5-6-19-17(11-16)12-18(22-19)14-23-7-3-4-8-23/h5-6,11-12,20,22H,3-4,7-10,13-15H2,1-2H3. The average Bonchev–Trinajstić information content (AvgIpc) is 3.36. The fourth-order valence-electron chi connectivity index (χ4n) is 4.49. The van der Waals surface area contributed by atoms with Crippen LogP contribution in [0.4, 0.5) is 0 Å². The van der Waals surface area contributed by atoms with E-state index in [1.807, 2.05) is 4.90 Å². The number of aromatic amines is 1. The smallest absolute Gasteiger partial charge is 0.324 e. The molecule has 9 heteroatoms. The summed E-state index contributed by atoms with van der Waals surface area (Å²) in [5.41, 5.74) is 3.42. The van der Waals surface area contributed by atoms with Gasteiger partial charge in [0.2, 0.25) is 10.0 Å². The van der Waals surface area contributed by atoms with Crippen LogP contribution in [0, 0.1) is 0 Å². The molecular formula is C21H30N4O4S. The molecule has 2 aromatic rings. The molecule has 3 heterocycles. The van der Waals surface area contributed by atoms with Crippen molar-refractivity contribution < 1.29 is 17.9 Å². The molecule has 4 rings (SSSR count). The van der Waals surface area contributed by atoms with Gasteiger partial charge in [-0.2, -0.15) is 4.31 Å². The molecule has 0 bridgehead atoms. The van der Waals surface area contributed by atoms with Crippen LogP contribution in [-0.4, -0.2) is 85.6 Å². The van der Waals surface area contributed by atoms with Gasteiger partial charge in [-0.05, 0) is 49.7 Å². The van der Waals surface area contributed by atoms with Crippen molar-refractivity contribution in [2.75, 3.05) is 46.1 Å². The van der Waals surface area contributed by atoms with Crippen molar-refractivity contribution in [3.63, 3.8) is 0 Å². The Morgan fingerprint density at radius 2 is 1.90 bits per heavy atom. The number of nitrogens with one attached hydrogen (secondary N) is 1. The summed E-state index contributed by atoms with van der Waals surface area (Å²) < 4.78 is 30.2. The third kappa shape index (κ3) is 4.69. The minimum absolute atomic E-state index is 0.123. The van der Waals surface area contributed by atoms with Gasteiger partial charge in [-0.1, -0.05) is 6.07 Å². The second-order valence-corrected chi connectivity index (χ2v) is 10.3. The summed E-state index contributed by atoms with van der Waals surface area (Å²) in [5.74, 6) is -0.404. The van der Waals surface area contributed by atoms with Gasteiger partial charge in [0, 0.05) is 49.3 Å². The van der Waals surface area contributed by atoms with E-state index >= 15 is 0 Å². The van der Waals surface area contributed by atoms with E-state index in [1.165, 1.54) is 36.2 Å². The molecule has 0 amide bonds. The fraction of sp³-hybridized carbons (Fsp3) is 0.571. The molecule has 30 heavy (non-hydrogen) atoms. The Balaban J connectivity index is 1.49. The van der Waals surface area contributed by atoms with Crippen LogP contribution >= 0.6 is 0 Å². The number of hydrogen-bond donors (Lipinski definition) is 1. The largest absolute Gasteiger partial charge is 0.468 e. The monoisotopic (exact) mass is 434 g/mol. The van der Waals surface area contributed by atoms with Crippen LogP contribution in [-0.2, 0) is 32.6 Å². The molecule has 1 atom stereocenters. The highest BCUT2D eigenvalue weighted by molar-refractivity contribution is 7.88. The summed E-state index contributed by atoms with van der Waals surface area (Å²) in [6.45, 7) is 4.82. The Bertz CT molecular complexity index is 1010. The number of sulfonamides is 1. The number of aromatic nitrogens is 1. The van der Waals surface area contributed by atoms with Crippen LogP contribution in [0.3, 0.4) is 0 Å². The normalized spacial score (nSPS) is 22.0. The fourth-order valence-corrected chi connectivity index (χ4v) is 5.31. The van der Waals surface area contributed by atoms with Crippen molar-refractivity contribution in [1.82, 2.24) is 19.1 Å². The van der Waals surface area contributed by atoms with Crippen LogP contribution in [0.25, 0.3) is 10.9 Å². The lowest BCUT2D eigenvalue weighted by atomic mass is 10.1. The number of carbonyl (C=O) groups excluding carboxylic acids is 1. The van der Waals surface area contributed by atoms with E-state index in [4.69, 9.17) is 4.74 Å². The van der Waals surface area contributed by atoms with Crippen LogP contribution in [0.15, 0.2) is 24.3 Å². The van der Waals surface area contributed by atoms with E-state index in [9.17, 15) is 13.2 Å². The molecule has 8 nitrogen and oxygen atoms in total. The van der Waals surface area contributed by atoms with Gasteiger partial charge < -0.3 is 9.72 Å². The number of H-pyrrole nitrogens is 1. The topological polar surface area (TPSA) is 86.0 Å². The highest BCUT2D eigenvalue weighted by Gasteiger charge is 2.36. The Morgan fingerprint density at radius 3 is 2.60 bits per heavy atom. The Kier molecular flexibility index (Phi) is 6.15. The third-order valence-electron chi connectivity index (χ3n) is 6.12. The molecule has 0 radical (unpaired) electrons. The van der Waals surface area contributed by atoms with Crippen molar-refractivity contribution >= 4 is 26.9 Å². The quantitative estimate of drug-likeness (QED) is 0.692. The first-order valence-corrected chi connectivity index (χ1v) is 12.3. The lowest BCUT2D eigenvalue weighted by Crippen LogP contribution is -2.57. The zero-order chi connectivity index (χ0) is 21.3. The van der Waals surface area contributed by atoms with Gasteiger partial charge in [0.15, 0.2) is 0 Å². The molecule has 0 saturated carbocycles. The first-order chi connectivity index (χ1) is 14.3. The molecule has 0 spiro atoms. The number of rotatable bonds is 6. The average molecular weight is 435 g/mol. The molecule has 1 N–H and O–H groups in total. The molecule has 2 aliphatic rings. The number of likely N-dealkylation sites (tertiary alicyclic amines) is 1. The predicted molar refractivity (Wildman–Crippen MR) is 115 cm³/mol. The highest BCUT2D eigenvalue weighted by Crippen LogP contribution is 2.22. The number of carbonyl (C=O) groups is 1. The van der Waals surface area contributed by atoms with Crippen molar-refractivity contribution in [2.24, 2.45) is 0 Å². The molecule has 1 aromatic carbocycles. The number of nitrogens with zero attached hydrogens (tertiary/aromatic N) is 3. The number of hydrogen-bond acceptors (Lipinski definition) is 6. The number of benzene rings is 1. The van der Waals surface area contributed by atoms with E-state index in [-0.39, 0.29) is 6.54 Å². The maximum Gasteiger partial charge on any atom is 0.324 e. The second-order valence-electron chi connectivity index (χ2n) is 8.33. The van der Waals surface area contributed by atoms with E-state index < -0.39 is 22.0 Å². The first-order valence-electron chi connectivity index (χ1n) is 10.4.